The Morgan fingerprint density at radius 2 is 0.864 bits per heavy atom. The van der Waals surface area contributed by atoms with Gasteiger partial charge in [0.2, 0.25) is 0 Å². The van der Waals surface area contributed by atoms with Crippen LogP contribution in [0.2, 0.25) is 0 Å². The zero-order chi connectivity index (χ0) is 16.2. The highest BCUT2D eigenvalue weighted by atomic mass is 16.4. The molecular formula is C18H30O4. The van der Waals surface area contributed by atoms with E-state index in [2.05, 4.69) is 0 Å². The highest BCUT2D eigenvalue weighted by molar-refractivity contribution is 5.89. The van der Waals surface area contributed by atoms with E-state index in [9.17, 15) is 9.59 Å². The molecule has 0 aromatic rings. The number of aliphatic carboxylic acids is 2. The molecule has 0 bridgehead atoms. The minimum Gasteiger partial charge on any atom is -0.478 e. The standard InChI is InChI=1S/C14H26.C4H4O4/c1-2-6-10-13(9-5-1)14-11-7-3-4-8-12-14;5-3(6)1-2-4(7)8/h13-14H,1-12H2;1-2H,(H,5,6)(H,7,8)/b;2-1-. The van der Waals surface area contributed by atoms with Crippen molar-refractivity contribution in [1.29, 1.82) is 0 Å². The zero-order valence-corrected chi connectivity index (χ0v) is 13.5. The van der Waals surface area contributed by atoms with Crippen LogP contribution in [0.25, 0.3) is 0 Å². The number of carboxylic acid groups (broad SMARTS) is 2. The van der Waals surface area contributed by atoms with E-state index >= 15 is 0 Å². The Morgan fingerprint density at radius 1 is 0.591 bits per heavy atom. The Bertz CT molecular complexity index is 312. The summed E-state index contributed by atoms with van der Waals surface area (Å²) < 4.78 is 0. The van der Waals surface area contributed by atoms with E-state index in [0.29, 0.717) is 12.2 Å². The molecule has 0 saturated heterocycles. The van der Waals surface area contributed by atoms with Gasteiger partial charge in [-0.25, -0.2) is 9.59 Å². The van der Waals surface area contributed by atoms with Gasteiger partial charge in [0.15, 0.2) is 0 Å². The second kappa shape index (κ2) is 11.3. The summed E-state index contributed by atoms with van der Waals surface area (Å²) in [6.07, 6.45) is 19.5. The molecule has 4 nitrogen and oxygen atoms in total. The zero-order valence-electron chi connectivity index (χ0n) is 13.5. The van der Waals surface area contributed by atoms with Gasteiger partial charge in [0.05, 0.1) is 0 Å². The number of carboxylic acids is 2. The van der Waals surface area contributed by atoms with Crippen LogP contribution >= 0.6 is 0 Å². The summed E-state index contributed by atoms with van der Waals surface area (Å²) in [5, 5.41) is 15.6. The molecule has 2 N–H and O–H groups in total. The molecule has 0 spiro atoms. The van der Waals surface area contributed by atoms with Gasteiger partial charge in [-0.15, -0.1) is 0 Å². The molecule has 0 aromatic carbocycles. The monoisotopic (exact) mass is 310 g/mol. The number of hydrogen-bond acceptors (Lipinski definition) is 2. The first-order valence-corrected chi connectivity index (χ1v) is 8.73. The highest BCUT2D eigenvalue weighted by Gasteiger charge is 2.23. The van der Waals surface area contributed by atoms with E-state index in [-0.39, 0.29) is 0 Å². The van der Waals surface area contributed by atoms with Crippen molar-refractivity contribution < 1.29 is 19.8 Å². The van der Waals surface area contributed by atoms with Crippen molar-refractivity contribution in [3.8, 4) is 0 Å². The first-order valence-electron chi connectivity index (χ1n) is 8.73. The number of hydrogen-bond donors (Lipinski definition) is 2. The van der Waals surface area contributed by atoms with E-state index < -0.39 is 11.9 Å². The Balaban J connectivity index is 0.000000261. The Morgan fingerprint density at radius 3 is 1.09 bits per heavy atom. The molecule has 22 heavy (non-hydrogen) atoms. The lowest BCUT2D eigenvalue weighted by Gasteiger charge is -2.24. The van der Waals surface area contributed by atoms with E-state index in [0.717, 1.165) is 11.8 Å². The predicted molar refractivity (Wildman–Crippen MR) is 86.8 cm³/mol. The fourth-order valence-electron chi connectivity index (χ4n) is 3.71. The lowest BCUT2D eigenvalue weighted by molar-refractivity contribution is -0.134. The van der Waals surface area contributed by atoms with Gasteiger partial charge in [-0.2, -0.15) is 0 Å². The lowest BCUT2D eigenvalue weighted by Crippen LogP contribution is -2.13. The summed E-state index contributed by atoms with van der Waals surface area (Å²) in [7, 11) is 0. The molecule has 2 aliphatic rings. The van der Waals surface area contributed by atoms with E-state index in [4.69, 9.17) is 10.2 Å². The van der Waals surface area contributed by atoms with E-state index in [1.54, 1.807) is 25.7 Å². The summed E-state index contributed by atoms with van der Waals surface area (Å²) >= 11 is 0. The molecule has 126 valence electrons. The largest absolute Gasteiger partial charge is 0.478 e. The maximum atomic E-state index is 9.55. The summed E-state index contributed by atoms with van der Waals surface area (Å²) in [5.41, 5.74) is 0. The third-order valence-electron chi connectivity index (χ3n) is 4.83. The van der Waals surface area contributed by atoms with Crippen molar-refractivity contribution in [3.05, 3.63) is 12.2 Å². The fourth-order valence-corrected chi connectivity index (χ4v) is 3.71. The van der Waals surface area contributed by atoms with Gasteiger partial charge in [0.1, 0.15) is 0 Å². The van der Waals surface area contributed by atoms with Gasteiger partial charge in [-0.05, 0) is 11.8 Å². The third-order valence-corrected chi connectivity index (χ3v) is 4.83. The van der Waals surface area contributed by atoms with Crippen molar-refractivity contribution in [3.63, 3.8) is 0 Å². The van der Waals surface area contributed by atoms with Crippen LogP contribution in [0.3, 0.4) is 0 Å². The molecule has 0 unspecified atom stereocenters. The molecule has 2 fully saturated rings. The van der Waals surface area contributed by atoms with Gasteiger partial charge in [-0.3, -0.25) is 0 Å². The molecule has 4 heteroatoms. The van der Waals surface area contributed by atoms with Gasteiger partial charge >= 0.3 is 11.9 Å². The highest BCUT2D eigenvalue weighted by Crippen LogP contribution is 2.36. The van der Waals surface area contributed by atoms with Gasteiger partial charge in [-0.1, -0.05) is 77.0 Å². The van der Waals surface area contributed by atoms with Crippen molar-refractivity contribution >= 4 is 11.9 Å². The van der Waals surface area contributed by atoms with Gasteiger partial charge in [0, 0.05) is 12.2 Å². The Labute approximate surface area is 133 Å². The van der Waals surface area contributed by atoms with Crippen LogP contribution in [0.15, 0.2) is 12.2 Å². The normalized spacial score (nSPS) is 21.5. The van der Waals surface area contributed by atoms with Crippen molar-refractivity contribution in [2.75, 3.05) is 0 Å². The SMILES string of the molecule is C1CCCC(C2CCCCCC2)CC1.O=C(O)/C=C\C(=O)O. The molecule has 0 aliphatic heterocycles. The topological polar surface area (TPSA) is 74.6 Å². The van der Waals surface area contributed by atoms with E-state index in [1.807, 2.05) is 0 Å². The molecule has 0 atom stereocenters. The van der Waals surface area contributed by atoms with Crippen molar-refractivity contribution in [1.82, 2.24) is 0 Å². The van der Waals surface area contributed by atoms with Crippen LogP contribution in [0, 0.1) is 11.8 Å². The molecule has 2 aliphatic carbocycles. The third kappa shape index (κ3) is 8.85. The molecule has 0 amide bonds. The molecule has 2 rings (SSSR count). The van der Waals surface area contributed by atoms with Crippen LogP contribution in [-0.4, -0.2) is 22.2 Å². The smallest absolute Gasteiger partial charge is 0.328 e. The maximum absolute atomic E-state index is 9.55. The molecular weight excluding hydrogens is 280 g/mol. The summed E-state index contributed by atoms with van der Waals surface area (Å²) in [6, 6.07) is 0. The van der Waals surface area contributed by atoms with Crippen molar-refractivity contribution in [2.45, 2.75) is 77.0 Å². The second-order valence-corrected chi connectivity index (χ2v) is 6.51. The van der Waals surface area contributed by atoms with Crippen molar-refractivity contribution in [2.24, 2.45) is 11.8 Å². The molecule has 2 saturated carbocycles. The average molecular weight is 310 g/mol. The van der Waals surface area contributed by atoms with Crippen LogP contribution in [0.1, 0.15) is 77.0 Å². The average Bonchev–Trinajstić information content (AvgIpc) is 2.90. The van der Waals surface area contributed by atoms with Gasteiger partial charge < -0.3 is 10.2 Å². The Hall–Kier alpha value is -1.32. The fraction of sp³-hybridized carbons (Fsp3) is 0.778. The predicted octanol–water partition coefficient (Wildman–Crippen LogP) is 4.64. The number of carbonyl (C=O) groups is 2. The summed E-state index contributed by atoms with van der Waals surface area (Å²) in [5.74, 6) is -0.272. The minimum absolute atomic E-state index is 0.558. The van der Waals surface area contributed by atoms with Gasteiger partial charge in [0.25, 0.3) is 0 Å². The minimum atomic E-state index is -1.26. The molecule has 0 aromatic heterocycles. The summed E-state index contributed by atoms with van der Waals surface area (Å²) in [6.45, 7) is 0. The van der Waals surface area contributed by atoms with Crippen LogP contribution < -0.4 is 0 Å². The molecule has 0 radical (unpaired) electrons. The molecule has 0 heterocycles. The number of rotatable bonds is 3. The van der Waals surface area contributed by atoms with Crippen LogP contribution in [0.4, 0.5) is 0 Å². The maximum Gasteiger partial charge on any atom is 0.328 e. The Kier molecular flexibility index (Phi) is 9.60. The van der Waals surface area contributed by atoms with E-state index in [1.165, 1.54) is 51.4 Å². The van der Waals surface area contributed by atoms with Crippen LogP contribution in [-0.2, 0) is 9.59 Å². The van der Waals surface area contributed by atoms with Crippen LogP contribution in [0.5, 0.6) is 0 Å². The summed E-state index contributed by atoms with van der Waals surface area (Å²) in [4.78, 5) is 19.1. The second-order valence-electron chi connectivity index (χ2n) is 6.51. The first kappa shape index (κ1) is 18.7. The first-order chi connectivity index (χ1) is 10.6. The quantitative estimate of drug-likeness (QED) is 0.588. The lowest BCUT2D eigenvalue weighted by atomic mass is 9.81.